The van der Waals surface area contributed by atoms with Gasteiger partial charge in [-0.05, 0) is 58.9 Å². The van der Waals surface area contributed by atoms with Crippen LogP contribution in [0.5, 0.6) is 0 Å². The van der Waals surface area contributed by atoms with Crippen molar-refractivity contribution in [1.82, 2.24) is 15.0 Å². The minimum atomic E-state index is -1.20. The molecule has 0 unspecified atom stereocenters. The van der Waals surface area contributed by atoms with Gasteiger partial charge in [0.25, 0.3) is 0 Å². The highest BCUT2D eigenvalue weighted by Crippen LogP contribution is 2.68. The predicted octanol–water partition coefficient (Wildman–Crippen LogP) is 12.1. The average molecular weight is 662 g/mol. The van der Waals surface area contributed by atoms with Crippen molar-refractivity contribution in [2.45, 2.75) is 9.79 Å². The third-order valence-corrected chi connectivity index (χ3v) is 12.9. The molecule has 9 aromatic rings. The second kappa shape index (κ2) is 11.0. The Labute approximate surface area is 291 Å². The summed E-state index contributed by atoms with van der Waals surface area (Å²) < 4.78 is 6.57. The molecule has 0 saturated carbocycles. The van der Waals surface area contributed by atoms with Crippen molar-refractivity contribution in [3.63, 3.8) is 0 Å². The molecule has 0 amide bonds. The molecule has 0 atom stereocenters. The van der Waals surface area contributed by atoms with E-state index in [-0.39, 0.29) is 0 Å². The number of rotatable bonds is 4. The molecule has 0 spiro atoms. The van der Waals surface area contributed by atoms with Crippen LogP contribution >= 0.6 is 10.0 Å². The quantitative estimate of drug-likeness (QED) is 0.188. The van der Waals surface area contributed by atoms with Gasteiger partial charge in [0.2, 0.25) is 0 Å². The smallest absolute Gasteiger partial charge is 0.164 e. The van der Waals surface area contributed by atoms with E-state index >= 15 is 0 Å². The van der Waals surface area contributed by atoms with Crippen LogP contribution in [0.2, 0.25) is 0 Å². The van der Waals surface area contributed by atoms with Crippen LogP contribution in [0.4, 0.5) is 0 Å². The van der Waals surface area contributed by atoms with Crippen molar-refractivity contribution in [2.75, 3.05) is 12.5 Å². The molecule has 10 rings (SSSR count). The SMILES string of the molecule is CS1(C)c2ccccc2-c2c(-c3nc(-c4ccc(-c5ccccc5)cc4)nc(-c4cccc5oc6c7ccccc7ccc6c45)n3)cccc21. The molecule has 7 aromatic carbocycles. The minimum absolute atomic E-state index is 0.620. The summed E-state index contributed by atoms with van der Waals surface area (Å²) in [6.45, 7) is 0. The number of aromatic nitrogens is 3. The Morgan fingerprint density at radius 3 is 1.92 bits per heavy atom. The Bertz CT molecular complexity index is 2780. The van der Waals surface area contributed by atoms with Gasteiger partial charge in [-0.25, -0.2) is 15.0 Å². The molecular formula is C45H31N3OS. The fourth-order valence-electron chi connectivity index (χ4n) is 7.59. The van der Waals surface area contributed by atoms with E-state index in [1.165, 1.54) is 26.5 Å². The molecule has 4 nitrogen and oxygen atoms in total. The van der Waals surface area contributed by atoms with Crippen LogP contribution in [-0.4, -0.2) is 27.5 Å². The maximum absolute atomic E-state index is 6.57. The van der Waals surface area contributed by atoms with Crippen LogP contribution in [0.15, 0.2) is 166 Å². The van der Waals surface area contributed by atoms with Gasteiger partial charge in [0.05, 0.1) is 0 Å². The Hall–Kier alpha value is -6.04. The molecule has 0 bridgehead atoms. The summed E-state index contributed by atoms with van der Waals surface area (Å²) in [6, 6.07) is 53.2. The zero-order chi connectivity index (χ0) is 33.4. The topological polar surface area (TPSA) is 51.8 Å². The molecule has 0 radical (unpaired) electrons. The van der Waals surface area contributed by atoms with E-state index in [9.17, 15) is 0 Å². The number of hydrogen-bond acceptors (Lipinski definition) is 4. The second-order valence-corrected chi connectivity index (χ2v) is 16.7. The van der Waals surface area contributed by atoms with Gasteiger partial charge in [-0.1, -0.05) is 127 Å². The first kappa shape index (κ1) is 28.9. The van der Waals surface area contributed by atoms with Gasteiger partial charge in [-0.15, -0.1) is 0 Å². The molecule has 1 aliphatic rings. The monoisotopic (exact) mass is 661 g/mol. The zero-order valence-electron chi connectivity index (χ0n) is 27.6. The Balaban J connectivity index is 1.23. The van der Waals surface area contributed by atoms with Crippen molar-refractivity contribution in [3.8, 4) is 56.4 Å². The van der Waals surface area contributed by atoms with Gasteiger partial charge >= 0.3 is 0 Å². The fraction of sp³-hybridized carbons (Fsp3) is 0.0444. The first-order valence-electron chi connectivity index (χ1n) is 16.8. The lowest BCUT2D eigenvalue weighted by Crippen LogP contribution is -2.01. The summed E-state index contributed by atoms with van der Waals surface area (Å²) >= 11 is 0. The summed E-state index contributed by atoms with van der Waals surface area (Å²) in [4.78, 5) is 18.5. The molecule has 3 heterocycles. The molecular weight excluding hydrogens is 631 g/mol. The highest BCUT2D eigenvalue weighted by Gasteiger charge is 2.34. The summed E-state index contributed by atoms with van der Waals surface area (Å²) in [5.41, 5.74) is 9.37. The lowest BCUT2D eigenvalue weighted by Gasteiger charge is -2.28. The van der Waals surface area contributed by atoms with E-state index in [1.807, 2.05) is 18.2 Å². The summed E-state index contributed by atoms with van der Waals surface area (Å²) in [7, 11) is -1.20. The molecule has 2 aromatic heterocycles. The molecule has 0 N–H and O–H groups in total. The number of hydrogen-bond donors (Lipinski definition) is 0. The van der Waals surface area contributed by atoms with Crippen molar-refractivity contribution in [2.24, 2.45) is 0 Å². The lowest BCUT2D eigenvalue weighted by molar-refractivity contribution is 0.672. The van der Waals surface area contributed by atoms with Crippen molar-refractivity contribution < 1.29 is 4.42 Å². The first-order chi connectivity index (χ1) is 24.5. The third kappa shape index (κ3) is 4.37. The van der Waals surface area contributed by atoms with Crippen LogP contribution in [-0.2, 0) is 0 Å². The predicted molar refractivity (Wildman–Crippen MR) is 208 cm³/mol. The average Bonchev–Trinajstić information content (AvgIpc) is 3.68. The number of furan rings is 1. The molecule has 1 aliphatic heterocycles. The van der Waals surface area contributed by atoms with E-state index in [4.69, 9.17) is 19.4 Å². The van der Waals surface area contributed by atoms with Crippen LogP contribution in [0.1, 0.15) is 0 Å². The van der Waals surface area contributed by atoms with Crippen LogP contribution in [0, 0.1) is 0 Å². The number of nitrogens with zero attached hydrogens (tertiary/aromatic N) is 3. The third-order valence-electron chi connectivity index (χ3n) is 10.0. The standard InChI is InChI=1S/C45H31N3OS/c1-50(2)38-20-9-8-16-33(38)41-36(18-11-21-39(41)50)45-47-43(31-24-22-29(23-25-31)28-12-4-3-5-13-28)46-44(48-45)35-17-10-19-37-40(35)34-27-26-30-14-6-7-15-32(30)42(34)49-37/h3-27H,1-2H3. The number of fused-ring (bicyclic) bond motifs is 8. The molecule has 0 aliphatic carbocycles. The van der Waals surface area contributed by atoms with Gasteiger partial charge in [0, 0.05) is 48.2 Å². The summed E-state index contributed by atoms with van der Waals surface area (Å²) in [6.07, 6.45) is 4.77. The van der Waals surface area contributed by atoms with Crippen molar-refractivity contribution in [1.29, 1.82) is 0 Å². The van der Waals surface area contributed by atoms with Gasteiger partial charge in [-0.2, -0.15) is 10.0 Å². The Morgan fingerprint density at radius 2 is 1.06 bits per heavy atom. The maximum Gasteiger partial charge on any atom is 0.164 e. The Morgan fingerprint density at radius 1 is 0.440 bits per heavy atom. The van der Waals surface area contributed by atoms with Gasteiger partial charge in [-0.3, -0.25) is 0 Å². The second-order valence-electron chi connectivity index (χ2n) is 13.2. The first-order valence-corrected chi connectivity index (χ1v) is 19.2. The van der Waals surface area contributed by atoms with E-state index in [1.54, 1.807) is 0 Å². The van der Waals surface area contributed by atoms with E-state index in [0.717, 1.165) is 55.0 Å². The Kier molecular flexibility index (Phi) is 6.36. The zero-order valence-corrected chi connectivity index (χ0v) is 28.4. The lowest BCUT2D eigenvalue weighted by atomic mass is 9.99. The van der Waals surface area contributed by atoms with Crippen LogP contribution in [0.25, 0.3) is 89.1 Å². The summed E-state index contributed by atoms with van der Waals surface area (Å²) in [5.74, 6) is 1.92. The van der Waals surface area contributed by atoms with Gasteiger partial charge in [0.15, 0.2) is 17.5 Å². The molecule has 5 heteroatoms. The van der Waals surface area contributed by atoms with E-state index in [2.05, 4.69) is 146 Å². The van der Waals surface area contributed by atoms with Crippen LogP contribution < -0.4 is 0 Å². The molecule has 0 fully saturated rings. The largest absolute Gasteiger partial charge is 0.455 e. The highest BCUT2D eigenvalue weighted by atomic mass is 32.3. The van der Waals surface area contributed by atoms with Crippen molar-refractivity contribution in [3.05, 3.63) is 152 Å². The van der Waals surface area contributed by atoms with Crippen molar-refractivity contribution >= 4 is 42.7 Å². The van der Waals surface area contributed by atoms with E-state index in [0.29, 0.717) is 17.5 Å². The highest BCUT2D eigenvalue weighted by molar-refractivity contribution is 8.33. The molecule has 238 valence electrons. The normalized spacial score (nSPS) is 13.8. The minimum Gasteiger partial charge on any atom is -0.455 e. The fourth-order valence-corrected chi connectivity index (χ4v) is 10.1. The van der Waals surface area contributed by atoms with Crippen LogP contribution in [0.3, 0.4) is 0 Å². The number of benzene rings is 7. The summed E-state index contributed by atoms with van der Waals surface area (Å²) in [5, 5.41) is 4.29. The van der Waals surface area contributed by atoms with E-state index < -0.39 is 10.0 Å². The molecule has 0 saturated heterocycles. The molecule has 50 heavy (non-hydrogen) atoms. The van der Waals surface area contributed by atoms with Gasteiger partial charge < -0.3 is 4.42 Å². The maximum atomic E-state index is 6.57. The van der Waals surface area contributed by atoms with Gasteiger partial charge in [0.1, 0.15) is 11.2 Å².